The summed E-state index contributed by atoms with van der Waals surface area (Å²) in [5.41, 5.74) is 0.321. The molecule has 3 heterocycles. The number of aliphatic hydroxyl groups excluding tert-OH is 1. The molecule has 0 spiro atoms. The molecular formula is C10H10FN4O3-. The predicted octanol–water partition coefficient (Wildman–Crippen LogP) is -0.482. The van der Waals surface area contributed by atoms with Crippen molar-refractivity contribution in [1.29, 1.82) is 0 Å². The van der Waals surface area contributed by atoms with Gasteiger partial charge < -0.3 is 14.9 Å². The van der Waals surface area contributed by atoms with Gasteiger partial charge in [0, 0.05) is 12.3 Å². The average Bonchev–Trinajstić information content (AvgIpc) is 2.93. The van der Waals surface area contributed by atoms with Crippen LogP contribution in [0.25, 0.3) is 11.2 Å². The summed E-state index contributed by atoms with van der Waals surface area (Å²) in [6.45, 7) is -0.245. The van der Waals surface area contributed by atoms with Gasteiger partial charge in [-0.05, 0) is 0 Å². The Kier molecular flexibility index (Phi) is 2.60. The van der Waals surface area contributed by atoms with E-state index in [1.807, 2.05) is 0 Å². The molecule has 96 valence electrons. The van der Waals surface area contributed by atoms with Gasteiger partial charge in [-0.1, -0.05) is 0 Å². The summed E-state index contributed by atoms with van der Waals surface area (Å²) < 4.78 is 20.5. The molecule has 7 nitrogen and oxygen atoms in total. The smallest absolute Gasteiger partial charge is 0.168 e. The van der Waals surface area contributed by atoms with E-state index in [9.17, 15) is 9.50 Å². The normalized spacial score (nSPS) is 28.0. The van der Waals surface area contributed by atoms with Crippen LogP contribution in [0.4, 0.5) is 4.39 Å². The van der Waals surface area contributed by atoms with Crippen LogP contribution in [0.3, 0.4) is 0 Å². The van der Waals surface area contributed by atoms with Crippen molar-refractivity contribution in [3.63, 3.8) is 0 Å². The molecule has 1 aliphatic rings. The Morgan fingerprint density at radius 3 is 3.06 bits per heavy atom. The fraction of sp³-hybridized carbons (Fsp3) is 0.500. The molecule has 0 amide bonds. The Balaban J connectivity index is 2.02. The molecule has 1 saturated heterocycles. The molecule has 2 aromatic heterocycles. The van der Waals surface area contributed by atoms with E-state index in [1.165, 1.54) is 10.9 Å². The van der Waals surface area contributed by atoms with Gasteiger partial charge in [0.1, 0.15) is 18.0 Å². The molecule has 0 bridgehead atoms. The number of imidazole rings is 1. The van der Waals surface area contributed by atoms with Crippen molar-refractivity contribution in [2.24, 2.45) is 0 Å². The highest BCUT2D eigenvalue weighted by atomic mass is 19.1. The number of halogens is 1. The largest absolute Gasteiger partial charge is 0.857 e. The number of alkyl halides is 1. The SMILES string of the molecule is [O-]c1ncnc2c1ncn2[C@@H]1O[C@H](CO)CC1F. The minimum Gasteiger partial charge on any atom is -0.857 e. The Morgan fingerprint density at radius 2 is 2.33 bits per heavy atom. The van der Waals surface area contributed by atoms with E-state index in [4.69, 9.17) is 9.84 Å². The highest BCUT2D eigenvalue weighted by Crippen LogP contribution is 2.33. The Morgan fingerprint density at radius 1 is 1.50 bits per heavy atom. The van der Waals surface area contributed by atoms with E-state index in [0.717, 1.165) is 6.33 Å². The fourth-order valence-electron chi connectivity index (χ4n) is 2.08. The van der Waals surface area contributed by atoms with E-state index in [2.05, 4.69) is 15.0 Å². The summed E-state index contributed by atoms with van der Waals surface area (Å²) in [5.74, 6) is -0.508. The molecule has 0 radical (unpaired) electrons. The van der Waals surface area contributed by atoms with Crippen LogP contribution in [0.15, 0.2) is 12.7 Å². The Hall–Kier alpha value is -1.80. The second-order valence-electron chi connectivity index (χ2n) is 4.09. The summed E-state index contributed by atoms with van der Waals surface area (Å²) in [5, 5.41) is 20.4. The van der Waals surface area contributed by atoms with E-state index in [1.54, 1.807) is 0 Å². The molecule has 8 heteroatoms. The molecule has 0 aromatic carbocycles. The van der Waals surface area contributed by atoms with Gasteiger partial charge in [-0.15, -0.1) is 0 Å². The highest BCUT2D eigenvalue weighted by Gasteiger charge is 2.37. The first-order valence-corrected chi connectivity index (χ1v) is 5.45. The van der Waals surface area contributed by atoms with E-state index in [0.29, 0.717) is 0 Å². The fourth-order valence-corrected chi connectivity index (χ4v) is 2.08. The maximum atomic E-state index is 13.8. The maximum absolute atomic E-state index is 13.8. The monoisotopic (exact) mass is 253 g/mol. The van der Waals surface area contributed by atoms with Gasteiger partial charge in [-0.2, -0.15) is 0 Å². The van der Waals surface area contributed by atoms with Gasteiger partial charge in [0.15, 0.2) is 11.9 Å². The van der Waals surface area contributed by atoms with Crippen LogP contribution in [-0.2, 0) is 4.74 Å². The molecular weight excluding hydrogens is 243 g/mol. The molecule has 1 unspecified atom stereocenters. The number of aromatic nitrogens is 4. The number of rotatable bonds is 2. The van der Waals surface area contributed by atoms with Gasteiger partial charge in [-0.3, -0.25) is 9.55 Å². The van der Waals surface area contributed by atoms with Crippen molar-refractivity contribution in [3.05, 3.63) is 12.7 Å². The second-order valence-corrected chi connectivity index (χ2v) is 4.09. The average molecular weight is 253 g/mol. The molecule has 1 aliphatic heterocycles. The van der Waals surface area contributed by atoms with Crippen LogP contribution in [0.1, 0.15) is 12.6 Å². The summed E-state index contributed by atoms with van der Waals surface area (Å²) in [6, 6.07) is 0. The standard InChI is InChI=1S/C10H11FN4O3/c11-6-1-5(2-16)18-10(6)15-4-14-7-8(15)12-3-13-9(7)17/h3-6,10,16H,1-2H2,(H,12,13,17)/p-1/t5-,6?,10+/m0/s1. The number of fused-ring (bicyclic) bond motifs is 1. The number of ether oxygens (including phenoxy) is 1. The van der Waals surface area contributed by atoms with Gasteiger partial charge in [0.2, 0.25) is 0 Å². The Labute approximate surface area is 101 Å². The lowest BCUT2D eigenvalue weighted by atomic mass is 10.2. The number of aliphatic hydroxyl groups is 1. The highest BCUT2D eigenvalue weighted by molar-refractivity contribution is 5.75. The van der Waals surface area contributed by atoms with Crippen molar-refractivity contribution in [1.82, 2.24) is 19.5 Å². The summed E-state index contributed by atoms with van der Waals surface area (Å²) in [4.78, 5) is 11.3. The maximum Gasteiger partial charge on any atom is 0.168 e. The molecule has 1 fully saturated rings. The van der Waals surface area contributed by atoms with Crippen molar-refractivity contribution in [2.45, 2.75) is 24.9 Å². The third-order valence-electron chi connectivity index (χ3n) is 2.93. The van der Waals surface area contributed by atoms with E-state index < -0.39 is 24.4 Å². The Bertz CT molecular complexity index is 575. The van der Waals surface area contributed by atoms with Gasteiger partial charge >= 0.3 is 0 Å². The zero-order valence-electron chi connectivity index (χ0n) is 9.23. The van der Waals surface area contributed by atoms with Crippen LogP contribution >= 0.6 is 0 Å². The van der Waals surface area contributed by atoms with Crippen LogP contribution in [0.2, 0.25) is 0 Å². The molecule has 3 atom stereocenters. The second kappa shape index (κ2) is 4.14. The van der Waals surface area contributed by atoms with Crippen molar-refractivity contribution in [3.8, 4) is 5.88 Å². The van der Waals surface area contributed by atoms with Crippen LogP contribution in [0.5, 0.6) is 5.88 Å². The lowest BCUT2D eigenvalue weighted by Gasteiger charge is -2.15. The van der Waals surface area contributed by atoms with Crippen LogP contribution in [-0.4, -0.2) is 43.5 Å². The minimum atomic E-state index is -1.27. The van der Waals surface area contributed by atoms with Gasteiger partial charge in [0.05, 0.1) is 19.0 Å². The molecule has 0 saturated carbocycles. The van der Waals surface area contributed by atoms with Crippen LogP contribution < -0.4 is 5.11 Å². The zero-order valence-corrected chi connectivity index (χ0v) is 9.23. The summed E-state index contributed by atoms with van der Waals surface area (Å²) in [7, 11) is 0. The number of nitrogens with zero attached hydrogens (tertiary/aromatic N) is 4. The quantitative estimate of drug-likeness (QED) is 0.776. The molecule has 0 aliphatic carbocycles. The zero-order chi connectivity index (χ0) is 12.7. The predicted molar refractivity (Wildman–Crippen MR) is 55.3 cm³/mol. The first-order chi connectivity index (χ1) is 8.70. The molecule has 3 rings (SSSR count). The first-order valence-electron chi connectivity index (χ1n) is 5.45. The van der Waals surface area contributed by atoms with Crippen LogP contribution in [0, 0.1) is 0 Å². The van der Waals surface area contributed by atoms with E-state index in [-0.39, 0.29) is 24.2 Å². The third-order valence-corrected chi connectivity index (χ3v) is 2.93. The van der Waals surface area contributed by atoms with Crippen molar-refractivity contribution in [2.75, 3.05) is 6.61 Å². The topological polar surface area (TPSA) is 96.1 Å². The van der Waals surface area contributed by atoms with Crippen molar-refractivity contribution < 1.29 is 19.3 Å². The number of hydrogen-bond donors (Lipinski definition) is 1. The number of hydrogen-bond acceptors (Lipinski definition) is 6. The molecule has 2 aromatic rings. The van der Waals surface area contributed by atoms with Crippen molar-refractivity contribution >= 4 is 11.2 Å². The van der Waals surface area contributed by atoms with Gasteiger partial charge in [-0.25, -0.2) is 14.4 Å². The lowest BCUT2D eigenvalue weighted by molar-refractivity contribution is -0.272. The first kappa shape index (κ1) is 11.3. The summed E-state index contributed by atoms with van der Waals surface area (Å²) >= 11 is 0. The lowest BCUT2D eigenvalue weighted by Crippen LogP contribution is -2.16. The van der Waals surface area contributed by atoms with E-state index >= 15 is 0 Å². The third kappa shape index (κ3) is 1.61. The van der Waals surface area contributed by atoms with Gasteiger partial charge in [0.25, 0.3) is 0 Å². The molecule has 18 heavy (non-hydrogen) atoms. The molecule has 1 N–H and O–H groups in total. The summed E-state index contributed by atoms with van der Waals surface area (Å²) in [6.07, 6.45) is -0.218. The minimum absolute atomic E-state index is 0.0840.